The molecule has 0 fully saturated rings. The number of carbonyl (C=O) groups excluding carboxylic acids is 1. The van der Waals surface area contributed by atoms with Gasteiger partial charge in [-0.1, -0.05) is 0 Å². The van der Waals surface area contributed by atoms with Crippen molar-refractivity contribution in [1.82, 2.24) is 4.98 Å². The minimum Gasteiger partial charge on any atom is -0.477 e. The van der Waals surface area contributed by atoms with Gasteiger partial charge in [0.25, 0.3) is 0 Å². The molecule has 1 aromatic rings. The molecule has 13 heavy (non-hydrogen) atoms. The first-order valence-corrected chi connectivity index (χ1v) is 3.64. The molecule has 1 aromatic heterocycles. The highest BCUT2D eigenvalue weighted by Gasteiger charge is 2.05. The van der Waals surface area contributed by atoms with Crippen LogP contribution in [0.15, 0.2) is 12.1 Å². The lowest BCUT2D eigenvalue weighted by atomic mass is 10.4. The lowest BCUT2D eigenvalue weighted by molar-refractivity contribution is -0.142. The highest BCUT2D eigenvalue weighted by atomic mass is 16.5. The zero-order valence-corrected chi connectivity index (χ0v) is 7.03. The summed E-state index contributed by atoms with van der Waals surface area (Å²) in [7, 11) is 0. The number of carboxylic acid groups (broad SMARTS) is 1. The zero-order valence-electron chi connectivity index (χ0n) is 7.03. The molecule has 1 heterocycles. The van der Waals surface area contributed by atoms with Crippen LogP contribution >= 0.6 is 0 Å². The van der Waals surface area contributed by atoms with E-state index in [9.17, 15) is 9.59 Å². The molecule has 0 aliphatic carbocycles. The average molecular weight is 183 g/mol. The maximum Gasteiger partial charge on any atom is 0.352 e. The summed E-state index contributed by atoms with van der Waals surface area (Å²) in [6, 6.07) is 2.98. The lowest BCUT2D eigenvalue weighted by Crippen LogP contribution is -2.00. The standard InChI is InChI=1S/C8H9NO4/c1-5(10)13-4-6-2-3-7(9-6)8(11)12/h2-3,9H,4H2,1H3,(H,11,12). The van der Waals surface area contributed by atoms with Crippen LogP contribution in [-0.4, -0.2) is 22.0 Å². The van der Waals surface area contributed by atoms with Gasteiger partial charge in [-0.3, -0.25) is 4.79 Å². The van der Waals surface area contributed by atoms with Gasteiger partial charge < -0.3 is 14.8 Å². The molecular weight excluding hydrogens is 174 g/mol. The quantitative estimate of drug-likeness (QED) is 0.678. The number of nitrogens with one attached hydrogen (secondary N) is 1. The van der Waals surface area contributed by atoms with E-state index >= 15 is 0 Å². The van der Waals surface area contributed by atoms with Gasteiger partial charge in [0, 0.05) is 6.92 Å². The van der Waals surface area contributed by atoms with Crippen molar-refractivity contribution in [1.29, 1.82) is 0 Å². The fraction of sp³-hybridized carbons (Fsp3) is 0.250. The molecule has 0 saturated heterocycles. The molecule has 5 nitrogen and oxygen atoms in total. The van der Waals surface area contributed by atoms with Crippen LogP contribution in [0.5, 0.6) is 0 Å². The molecule has 70 valence electrons. The molecule has 5 heteroatoms. The third-order valence-electron chi connectivity index (χ3n) is 1.41. The second kappa shape index (κ2) is 3.75. The Morgan fingerprint density at radius 3 is 2.69 bits per heavy atom. The van der Waals surface area contributed by atoms with Crippen molar-refractivity contribution < 1.29 is 19.4 Å². The zero-order chi connectivity index (χ0) is 9.84. The fourth-order valence-electron chi connectivity index (χ4n) is 0.829. The summed E-state index contributed by atoms with van der Waals surface area (Å²) in [6.07, 6.45) is 0. The van der Waals surface area contributed by atoms with E-state index in [1.54, 1.807) is 6.07 Å². The van der Waals surface area contributed by atoms with Crippen molar-refractivity contribution in [2.45, 2.75) is 13.5 Å². The minimum atomic E-state index is -1.03. The molecule has 0 aliphatic rings. The number of H-pyrrole nitrogens is 1. The minimum absolute atomic E-state index is 0.0720. The van der Waals surface area contributed by atoms with Crippen molar-refractivity contribution in [2.24, 2.45) is 0 Å². The number of rotatable bonds is 3. The maximum absolute atomic E-state index is 10.4. The molecule has 0 radical (unpaired) electrons. The summed E-state index contributed by atoms with van der Waals surface area (Å²) in [4.78, 5) is 23.4. The summed E-state index contributed by atoms with van der Waals surface area (Å²) in [5.74, 6) is -1.43. The fourth-order valence-corrected chi connectivity index (χ4v) is 0.829. The van der Waals surface area contributed by atoms with Crippen molar-refractivity contribution in [3.63, 3.8) is 0 Å². The summed E-state index contributed by atoms with van der Waals surface area (Å²) in [5, 5.41) is 8.54. The summed E-state index contributed by atoms with van der Waals surface area (Å²) in [6.45, 7) is 1.36. The Kier molecular flexibility index (Phi) is 2.69. The van der Waals surface area contributed by atoms with E-state index in [0.717, 1.165) is 0 Å². The molecule has 2 N–H and O–H groups in total. The van der Waals surface area contributed by atoms with Gasteiger partial charge in [-0.15, -0.1) is 0 Å². The molecular formula is C8H9NO4. The number of aromatic amines is 1. The Balaban J connectivity index is 2.59. The second-order valence-corrected chi connectivity index (χ2v) is 2.48. The Labute approximate surface area is 74.3 Å². The Bertz CT molecular complexity index is 329. The third-order valence-corrected chi connectivity index (χ3v) is 1.41. The number of carboxylic acids is 1. The highest BCUT2D eigenvalue weighted by Crippen LogP contribution is 2.03. The molecule has 0 saturated carbocycles. The van der Waals surface area contributed by atoms with Crippen molar-refractivity contribution in [3.05, 3.63) is 23.5 Å². The first kappa shape index (κ1) is 9.31. The van der Waals surface area contributed by atoms with Crippen LogP contribution in [0, 0.1) is 0 Å². The molecule has 0 spiro atoms. The Hall–Kier alpha value is -1.78. The van der Waals surface area contributed by atoms with Crippen LogP contribution in [0.2, 0.25) is 0 Å². The maximum atomic E-state index is 10.4. The molecule has 0 unspecified atom stereocenters. The molecule has 0 amide bonds. The number of hydrogen-bond donors (Lipinski definition) is 2. The summed E-state index contributed by atoms with van der Waals surface area (Å²) < 4.78 is 4.66. The number of ether oxygens (including phenoxy) is 1. The van der Waals surface area contributed by atoms with Gasteiger partial charge in [0.2, 0.25) is 0 Å². The van der Waals surface area contributed by atoms with Crippen molar-refractivity contribution in [2.75, 3.05) is 0 Å². The van der Waals surface area contributed by atoms with Crippen LogP contribution in [-0.2, 0) is 16.1 Å². The van der Waals surface area contributed by atoms with E-state index in [4.69, 9.17) is 5.11 Å². The summed E-state index contributed by atoms with van der Waals surface area (Å²) in [5.41, 5.74) is 0.648. The second-order valence-electron chi connectivity index (χ2n) is 2.48. The number of esters is 1. The summed E-state index contributed by atoms with van der Waals surface area (Å²) >= 11 is 0. The molecule has 0 atom stereocenters. The monoisotopic (exact) mass is 183 g/mol. The van der Waals surface area contributed by atoms with E-state index in [0.29, 0.717) is 5.69 Å². The van der Waals surface area contributed by atoms with Gasteiger partial charge in [-0.05, 0) is 12.1 Å². The Morgan fingerprint density at radius 1 is 1.54 bits per heavy atom. The van der Waals surface area contributed by atoms with Gasteiger partial charge in [-0.25, -0.2) is 4.79 Å². The topological polar surface area (TPSA) is 79.4 Å². The van der Waals surface area contributed by atoms with Crippen LogP contribution in [0.1, 0.15) is 23.1 Å². The van der Waals surface area contributed by atoms with Crippen LogP contribution < -0.4 is 0 Å². The third kappa shape index (κ3) is 2.62. The SMILES string of the molecule is CC(=O)OCc1ccc(C(=O)O)[nH]1. The number of aromatic carboxylic acids is 1. The van der Waals surface area contributed by atoms with Crippen molar-refractivity contribution >= 4 is 11.9 Å². The first-order valence-electron chi connectivity index (χ1n) is 3.64. The van der Waals surface area contributed by atoms with E-state index < -0.39 is 11.9 Å². The van der Waals surface area contributed by atoms with Gasteiger partial charge in [-0.2, -0.15) is 0 Å². The molecule has 0 bridgehead atoms. The first-order chi connectivity index (χ1) is 6.09. The van der Waals surface area contributed by atoms with Gasteiger partial charge in [0.1, 0.15) is 12.3 Å². The highest BCUT2D eigenvalue weighted by molar-refractivity contribution is 5.85. The number of hydrogen-bond acceptors (Lipinski definition) is 3. The van der Waals surface area contributed by atoms with E-state index in [1.807, 2.05) is 0 Å². The Morgan fingerprint density at radius 2 is 2.23 bits per heavy atom. The van der Waals surface area contributed by atoms with E-state index in [1.165, 1.54) is 13.0 Å². The lowest BCUT2D eigenvalue weighted by Gasteiger charge is -1.97. The van der Waals surface area contributed by atoms with Gasteiger partial charge in [0.15, 0.2) is 0 Å². The van der Waals surface area contributed by atoms with Crippen LogP contribution in [0.4, 0.5) is 0 Å². The smallest absolute Gasteiger partial charge is 0.352 e. The normalized spacial score (nSPS) is 9.62. The molecule has 1 rings (SSSR count). The van der Waals surface area contributed by atoms with Crippen LogP contribution in [0.25, 0.3) is 0 Å². The van der Waals surface area contributed by atoms with Crippen LogP contribution in [0.3, 0.4) is 0 Å². The largest absolute Gasteiger partial charge is 0.477 e. The molecule has 0 aliphatic heterocycles. The van der Waals surface area contributed by atoms with E-state index in [2.05, 4.69) is 9.72 Å². The predicted octanol–water partition coefficient (Wildman–Crippen LogP) is 0.776. The van der Waals surface area contributed by atoms with E-state index in [-0.39, 0.29) is 12.3 Å². The number of aromatic nitrogens is 1. The van der Waals surface area contributed by atoms with Gasteiger partial charge in [0.05, 0.1) is 5.69 Å². The molecule has 0 aromatic carbocycles. The number of carbonyl (C=O) groups is 2. The average Bonchev–Trinajstić information content (AvgIpc) is 2.48. The predicted molar refractivity (Wildman–Crippen MR) is 43.2 cm³/mol. The van der Waals surface area contributed by atoms with Gasteiger partial charge >= 0.3 is 11.9 Å². The van der Waals surface area contributed by atoms with Crippen molar-refractivity contribution in [3.8, 4) is 0 Å².